The van der Waals surface area contributed by atoms with E-state index in [0.717, 1.165) is 30.0 Å². The first-order valence-corrected chi connectivity index (χ1v) is 11.3. The maximum Gasteiger partial charge on any atom is 0.340 e. The number of carbonyl (C=O) groups is 2. The van der Waals surface area contributed by atoms with Gasteiger partial charge < -0.3 is 24.4 Å². The lowest BCUT2D eigenvalue weighted by Gasteiger charge is -2.29. The Morgan fingerprint density at radius 2 is 1.89 bits per heavy atom. The highest BCUT2D eigenvalue weighted by Crippen LogP contribution is 2.25. The van der Waals surface area contributed by atoms with E-state index in [9.17, 15) is 9.59 Å². The Bertz CT molecular complexity index is 1170. The number of rotatable bonds is 8. The summed E-state index contributed by atoms with van der Waals surface area (Å²) in [7, 11) is 1.32. The lowest BCUT2D eigenvalue weighted by molar-refractivity contribution is -0.111. The van der Waals surface area contributed by atoms with Crippen molar-refractivity contribution < 1.29 is 23.8 Å². The molecular weight excluding hydrogens is 446 g/mol. The first-order valence-electron chi connectivity index (χ1n) is 11.3. The highest BCUT2D eigenvalue weighted by atomic mass is 16.5. The van der Waals surface area contributed by atoms with Gasteiger partial charge in [-0.3, -0.25) is 9.78 Å². The number of hydrogen-bond donors (Lipinski definition) is 1. The molecule has 1 aliphatic heterocycles. The molecule has 1 aliphatic rings. The van der Waals surface area contributed by atoms with Gasteiger partial charge in [-0.2, -0.15) is 0 Å². The quantitative estimate of drug-likeness (QED) is 0.392. The molecule has 0 saturated carbocycles. The minimum absolute atomic E-state index is 0.299. The van der Waals surface area contributed by atoms with Crippen LogP contribution in [-0.2, 0) is 20.9 Å². The van der Waals surface area contributed by atoms with Crippen molar-refractivity contribution in [1.82, 2.24) is 4.98 Å². The number of carbonyl (C=O) groups excluding carboxylic acids is 2. The highest BCUT2D eigenvalue weighted by Gasteiger charge is 2.18. The monoisotopic (exact) mass is 473 g/mol. The van der Waals surface area contributed by atoms with Crippen molar-refractivity contribution in [2.75, 3.05) is 43.6 Å². The first-order chi connectivity index (χ1) is 17.1. The number of anilines is 2. The topological polar surface area (TPSA) is 90.0 Å². The second-order valence-electron chi connectivity index (χ2n) is 7.82. The minimum Gasteiger partial charge on any atom is -0.487 e. The summed E-state index contributed by atoms with van der Waals surface area (Å²) >= 11 is 0. The van der Waals surface area contributed by atoms with Crippen LogP contribution < -0.4 is 15.0 Å². The number of aromatic nitrogens is 1. The molecule has 1 fully saturated rings. The van der Waals surface area contributed by atoms with Crippen molar-refractivity contribution in [2.45, 2.75) is 6.61 Å². The first kappa shape index (κ1) is 24.0. The van der Waals surface area contributed by atoms with Gasteiger partial charge in [-0.15, -0.1) is 0 Å². The number of morpholine rings is 1. The molecule has 0 spiro atoms. The molecule has 0 unspecified atom stereocenters. The van der Waals surface area contributed by atoms with E-state index in [1.165, 1.54) is 13.2 Å². The lowest BCUT2D eigenvalue weighted by atomic mass is 10.1. The molecule has 0 aliphatic carbocycles. The third-order valence-electron chi connectivity index (χ3n) is 5.46. The number of nitrogens with one attached hydrogen (secondary N) is 1. The molecule has 3 aromatic rings. The summed E-state index contributed by atoms with van der Waals surface area (Å²) in [5.74, 6) is -0.161. The van der Waals surface area contributed by atoms with E-state index in [0.29, 0.717) is 36.8 Å². The van der Waals surface area contributed by atoms with Gasteiger partial charge in [0.15, 0.2) is 0 Å². The fourth-order valence-electron chi connectivity index (χ4n) is 3.60. The molecule has 180 valence electrons. The van der Waals surface area contributed by atoms with Crippen molar-refractivity contribution in [3.63, 3.8) is 0 Å². The molecule has 4 rings (SSSR count). The van der Waals surface area contributed by atoms with E-state index in [2.05, 4.69) is 15.2 Å². The van der Waals surface area contributed by atoms with Gasteiger partial charge in [0, 0.05) is 31.0 Å². The molecule has 2 heterocycles. The van der Waals surface area contributed by atoms with Crippen molar-refractivity contribution in [1.29, 1.82) is 0 Å². The van der Waals surface area contributed by atoms with E-state index in [4.69, 9.17) is 14.2 Å². The summed E-state index contributed by atoms with van der Waals surface area (Å²) in [5, 5.41) is 2.77. The summed E-state index contributed by atoms with van der Waals surface area (Å²) in [6.07, 6.45) is 4.84. The van der Waals surface area contributed by atoms with Gasteiger partial charge in [-0.05, 0) is 54.1 Å². The fraction of sp³-hybridized carbons (Fsp3) is 0.222. The number of ether oxygens (including phenoxy) is 3. The molecule has 35 heavy (non-hydrogen) atoms. The smallest absolute Gasteiger partial charge is 0.340 e. The number of amides is 1. The molecule has 2 aromatic carbocycles. The Labute approximate surface area is 204 Å². The van der Waals surface area contributed by atoms with E-state index in [1.54, 1.807) is 24.4 Å². The van der Waals surface area contributed by atoms with Crippen LogP contribution in [0.1, 0.15) is 21.6 Å². The number of benzene rings is 2. The molecule has 1 saturated heterocycles. The van der Waals surface area contributed by atoms with E-state index in [1.807, 2.05) is 48.5 Å². The highest BCUT2D eigenvalue weighted by molar-refractivity contribution is 6.06. The summed E-state index contributed by atoms with van der Waals surface area (Å²) in [6, 6.07) is 18.4. The SMILES string of the molecule is COC(=O)c1cc(N2CCOCC2)ccc1NC(=O)/C=C/c1ccc(OCc2ccccn2)cc1. The predicted molar refractivity (Wildman–Crippen MR) is 133 cm³/mol. The Hall–Kier alpha value is -4.17. The molecule has 8 heteroatoms. The third-order valence-corrected chi connectivity index (χ3v) is 5.46. The van der Waals surface area contributed by atoms with Gasteiger partial charge in [-0.25, -0.2) is 4.79 Å². The lowest BCUT2D eigenvalue weighted by Crippen LogP contribution is -2.36. The second kappa shape index (κ2) is 11.8. The van der Waals surface area contributed by atoms with Crippen LogP contribution in [0, 0.1) is 0 Å². The largest absolute Gasteiger partial charge is 0.487 e. The maximum atomic E-state index is 12.6. The zero-order valence-corrected chi connectivity index (χ0v) is 19.5. The number of nitrogens with zero attached hydrogens (tertiary/aromatic N) is 2. The van der Waals surface area contributed by atoms with Crippen LogP contribution in [0.3, 0.4) is 0 Å². The molecule has 1 N–H and O–H groups in total. The molecule has 1 amide bonds. The average molecular weight is 474 g/mol. The van der Waals surface area contributed by atoms with Gasteiger partial charge >= 0.3 is 5.97 Å². The van der Waals surface area contributed by atoms with E-state index in [-0.39, 0.29) is 5.91 Å². The van der Waals surface area contributed by atoms with Crippen molar-refractivity contribution in [3.8, 4) is 5.75 Å². The average Bonchev–Trinajstić information content (AvgIpc) is 2.92. The van der Waals surface area contributed by atoms with Gasteiger partial charge in [0.2, 0.25) is 5.91 Å². The normalized spacial score (nSPS) is 13.5. The Balaban J connectivity index is 1.38. The summed E-state index contributed by atoms with van der Waals surface area (Å²) in [6.45, 7) is 3.12. The standard InChI is InChI=1S/C27H27N3O5/c1-33-27(32)24-18-22(30-14-16-34-17-15-30)8-11-25(24)29-26(31)12-7-20-5-9-23(10-6-20)35-19-21-4-2-3-13-28-21/h2-13,18H,14-17,19H2,1H3,(H,29,31)/b12-7+. The van der Waals surface area contributed by atoms with Crippen LogP contribution in [0.15, 0.2) is 72.9 Å². The minimum atomic E-state index is -0.513. The zero-order valence-electron chi connectivity index (χ0n) is 19.5. The molecule has 0 radical (unpaired) electrons. The second-order valence-corrected chi connectivity index (χ2v) is 7.82. The van der Waals surface area contributed by atoms with Crippen LogP contribution in [0.4, 0.5) is 11.4 Å². The predicted octanol–water partition coefficient (Wildman–Crippen LogP) is 3.94. The number of hydrogen-bond acceptors (Lipinski definition) is 7. The van der Waals surface area contributed by atoms with E-state index < -0.39 is 5.97 Å². The molecule has 8 nitrogen and oxygen atoms in total. The van der Waals surface area contributed by atoms with E-state index >= 15 is 0 Å². The fourth-order valence-corrected chi connectivity index (χ4v) is 3.60. The van der Waals surface area contributed by atoms with Crippen molar-refractivity contribution in [3.05, 3.63) is 89.8 Å². The Kier molecular flexibility index (Phi) is 8.08. The van der Waals surface area contributed by atoms with Crippen molar-refractivity contribution in [2.24, 2.45) is 0 Å². The number of methoxy groups -OCH3 is 1. The van der Waals surface area contributed by atoms with Gasteiger partial charge in [0.25, 0.3) is 0 Å². The third kappa shape index (κ3) is 6.68. The number of pyridine rings is 1. The van der Waals surface area contributed by atoms with Crippen LogP contribution in [0.25, 0.3) is 6.08 Å². The van der Waals surface area contributed by atoms with Crippen LogP contribution in [0.2, 0.25) is 0 Å². The molecule has 0 bridgehead atoms. The number of esters is 1. The molecule has 0 atom stereocenters. The maximum absolute atomic E-state index is 12.6. The molecule has 1 aromatic heterocycles. The van der Waals surface area contributed by atoms with Gasteiger partial charge in [-0.1, -0.05) is 18.2 Å². The van der Waals surface area contributed by atoms with Crippen LogP contribution >= 0.6 is 0 Å². The Morgan fingerprint density at radius 3 is 2.60 bits per heavy atom. The van der Waals surface area contributed by atoms with Crippen LogP contribution in [0.5, 0.6) is 5.75 Å². The Morgan fingerprint density at radius 1 is 1.09 bits per heavy atom. The van der Waals surface area contributed by atoms with Gasteiger partial charge in [0.1, 0.15) is 12.4 Å². The zero-order chi connectivity index (χ0) is 24.5. The summed E-state index contributed by atoms with van der Waals surface area (Å²) in [5.41, 5.74) is 3.25. The molecular formula is C27H27N3O5. The summed E-state index contributed by atoms with van der Waals surface area (Å²) < 4.78 is 16.0. The van der Waals surface area contributed by atoms with Crippen molar-refractivity contribution >= 4 is 29.3 Å². The van der Waals surface area contributed by atoms with Crippen LogP contribution in [-0.4, -0.2) is 50.3 Å². The summed E-state index contributed by atoms with van der Waals surface area (Å²) in [4.78, 5) is 31.3. The van der Waals surface area contributed by atoms with Gasteiger partial charge in [0.05, 0.1) is 37.3 Å².